The number of thiazole rings is 1. The summed E-state index contributed by atoms with van der Waals surface area (Å²) in [5, 5.41) is 6.03. The number of imidazole rings is 1. The summed E-state index contributed by atoms with van der Waals surface area (Å²) < 4.78 is 2.08. The van der Waals surface area contributed by atoms with Crippen molar-refractivity contribution in [3.63, 3.8) is 0 Å². The summed E-state index contributed by atoms with van der Waals surface area (Å²) in [5.41, 5.74) is 1.13. The maximum Gasteiger partial charge on any atom is 0.193 e. The zero-order chi connectivity index (χ0) is 11.7. The van der Waals surface area contributed by atoms with Gasteiger partial charge in [-0.25, -0.2) is 4.98 Å². The molecule has 0 amide bonds. The van der Waals surface area contributed by atoms with Crippen LogP contribution in [0.2, 0.25) is 0 Å². The molecule has 3 rings (SSSR count). The number of nitrogens with one attached hydrogen (secondary N) is 1. The second kappa shape index (κ2) is 4.96. The largest absolute Gasteiger partial charge is 0.308 e. The van der Waals surface area contributed by atoms with E-state index in [1.165, 1.54) is 12.8 Å². The van der Waals surface area contributed by atoms with Crippen LogP contribution in [0.3, 0.4) is 0 Å². The monoisotopic (exact) mass is 269 g/mol. The fourth-order valence-corrected chi connectivity index (χ4v) is 3.34. The molecule has 0 atom stereocenters. The first-order valence-corrected chi connectivity index (χ1v) is 7.41. The Labute approximate surface area is 110 Å². The van der Waals surface area contributed by atoms with E-state index in [-0.39, 0.29) is 0 Å². The molecule has 17 heavy (non-hydrogen) atoms. The van der Waals surface area contributed by atoms with Gasteiger partial charge in [-0.05, 0) is 25.7 Å². The summed E-state index contributed by atoms with van der Waals surface area (Å²) in [6.45, 7) is 0.867. The molecule has 2 aromatic rings. The van der Waals surface area contributed by atoms with Crippen molar-refractivity contribution in [2.45, 2.75) is 43.6 Å². The van der Waals surface area contributed by atoms with Gasteiger partial charge in [0.15, 0.2) is 4.96 Å². The Balaban J connectivity index is 1.55. The number of nitrogens with zero attached hydrogens (tertiary/aromatic N) is 2. The Morgan fingerprint density at radius 2 is 2.24 bits per heavy atom. The number of hydrogen-bond acceptors (Lipinski definition) is 3. The van der Waals surface area contributed by atoms with Crippen molar-refractivity contribution in [1.29, 1.82) is 0 Å². The molecule has 5 heteroatoms. The molecule has 2 aromatic heterocycles. The van der Waals surface area contributed by atoms with Gasteiger partial charge in [-0.2, -0.15) is 0 Å². The smallest absolute Gasteiger partial charge is 0.193 e. The Hall–Kier alpha value is -0.580. The minimum Gasteiger partial charge on any atom is -0.308 e. The summed E-state index contributed by atoms with van der Waals surface area (Å²) in [6, 6.07) is 0.615. The summed E-state index contributed by atoms with van der Waals surface area (Å²) >= 11 is 7.77. The molecule has 1 saturated carbocycles. The zero-order valence-corrected chi connectivity index (χ0v) is 11.2. The SMILES string of the molecule is ClC1CCC(NCc2cn3ccsc3n2)CC1. The predicted molar refractivity (Wildman–Crippen MR) is 71.8 cm³/mol. The van der Waals surface area contributed by atoms with Crippen molar-refractivity contribution < 1.29 is 0 Å². The molecule has 2 heterocycles. The van der Waals surface area contributed by atoms with Crippen LogP contribution in [0, 0.1) is 0 Å². The molecule has 0 unspecified atom stereocenters. The van der Waals surface area contributed by atoms with Crippen molar-refractivity contribution in [2.24, 2.45) is 0 Å². The van der Waals surface area contributed by atoms with E-state index in [0.717, 1.165) is 30.0 Å². The van der Waals surface area contributed by atoms with Gasteiger partial charge in [-0.3, -0.25) is 4.40 Å². The molecule has 1 N–H and O–H groups in total. The van der Waals surface area contributed by atoms with Crippen LogP contribution in [0.5, 0.6) is 0 Å². The van der Waals surface area contributed by atoms with Crippen LogP contribution in [0.25, 0.3) is 4.96 Å². The summed E-state index contributed by atoms with van der Waals surface area (Å²) in [7, 11) is 0. The highest BCUT2D eigenvalue weighted by molar-refractivity contribution is 7.15. The van der Waals surface area contributed by atoms with Gasteiger partial charge in [0.1, 0.15) is 0 Å². The lowest BCUT2D eigenvalue weighted by Crippen LogP contribution is -2.33. The highest BCUT2D eigenvalue weighted by atomic mass is 35.5. The molecule has 3 nitrogen and oxygen atoms in total. The van der Waals surface area contributed by atoms with Crippen LogP contribution in [-0.4, -0.2) is 20.8 Å². The first kappa shape index (κ1) is 11.5. The third-order valence-corrected chi connectivity index (χ3v) is 4.58. The van der Waals surface area contributed by atoms with Crippen LogP contribution in [0.1, 0.15) is 31.4 Å². The molecule has 1 aliphatic rings. The van der Waals surface area contributed by atoms with Crippen molar-refractivity contribution in [2.75, 3.05) is 0 Å². The van der Waals surface area contributed by atoms with Crippen LogP contribution in [0.4, 0.5) is 0 Å². The van der Waals surface area contributed by atoms with Crippen molar-refractivity contribution in [3.8, 4) is 0 Å². The number of fused-ring (bicyclic) bond motifs is 1. The van der Waals surface area contributed by atoms with E-state index in [4.69, 9.17) is 11.6 Å². The minimum absolute atomic E-state index is 0.394. The zero-order valence-electron chi connectivity index (χ0n) is 9.60. The first-order valence-electron chi connectivity index (χ1n) is 6.10. The van der Waals surface area contributed by atoms with Gasteiger partial charge in [0.25, 0.3) is 0 Å². The third-order valence-electron chi connectivity index (χ3n) is 3.37. The fraction of sp³-hybridized carbons (Fsp3) is 0.583. The average molecular weight is 270 g/mol. The standard InChI is InChI=1S/C12H16ClN3S/c13-9-1-3-10(4-2-9)14-7-11-8-16-5-6-17-12(16)15-11/h5-6,8-10,14H,1-4,7H2. The Bertz CT molecular complexity index is 456. The lowest BCUT2D eigenvalue weighted by Gasteiger charge is -2.25. The normalized spacial score (nSPS) is 25.5. The first-order chi connectivity index (χ1) is 8.31. The molecule has 1 aliphatic carbocycles. The molecule has 0 aromatic carbocycles. The molecular formula is C12H16ClN3S. The van der Waals surface area contributed by atoms with Gasteiger partial charge in [-0.1, -0.05) is 0 Å². The number of alkyl halides is 1. The number of rotatable bonds is 3. The van der Waals surface area contributed by atoms with Crippen molar-refractivity contribution in [3.05, 3.63) is 23.5 Å². The van der Waals surface area contributed by atoms with Gasteiger partial charge in [-0.15, -0.1) is 22.9 Å². The topological polar surface area (TPSA) is 29.3 Å². The quantitative estimate of drug-likeness (QED) is 0.868. The fourth-order valence-electron chi connectivity index (χ4n) is 2.37. The molecule has 1 fully saturated rings. The third kappa shape index (κ3) is 2.64. The van der Waals surface area contributed by atoms with E-state index >= 15 is 0 Å². The van der Waals surface area contributed by atoms with Crippen molar-refractivity contribution in [1.82, 2.24) is 14.7 Å². The Morgan fingerprint density at radius 3 is 3.00 bits per heavy atom. The molecule has 0 spiro atoms. The van der Waals surface area contributed by atoms with Gasteiger partial charge in [0, 0.05) is 35.7 Å². The number of aromatic nitrogens is 2. The second-order valence-electron chi connectivity index (χ2n) is 4.65. The van der Waals surface area contributed by atoms with Crippen molar-refractivity contribution >= 4 is 27.9 Å². The lowest BCUT2D eigenvalue weighted by molar-refractivity contribution is 0.375. The van der Waals surface area contributed by atoms with E-state index in [9.17, 15) is 0 Å². The Kier molecular flexibility index (Phi) is 3.36. The maximum atomic E-state index is 6.10. The van der Waals surface area contributed by atoms with Gasteiger partial charge >= 0.3 is 0 Å². The van der Waals surface area contributed by atoms with E-state index in [1.807, 2.05) is 0 Å². The van der Waals surface area contributed by atoms with E-state index in [1.54, 1.807) is 11.3 Å². The predicted octanol–water partition coefficient (Wildman–Crippen LogP) is 3.04. The van der Waals surface area contributed by atoms with Crippen LogP contribution < -0.4 is 5.32 Å². The summed E-state index contributed by atoms with van der Waals surface area (Å²) in [6.07, 6.45) is 8.81. The van der Waals surface area contributed by atoms with Gasteiger partial charge < -0.3 is 5.32 Å². The highest BCUT2D eigenvalue weighted by Gasteiger charge is 2.19. The second-order valence-corrected chi connectivity index (χ2v) is 6.15. The summed E-state index contributed by atoms with van der Waals surface area (Å²) in [5.74, 6) is 0. The van der Waals surface area contributed by atoms with E-state index < -0.39 is 0 Å². The minimum atomic E-state index is 0.394. The maximum absolute atomic E-state index is 6.10. The molecular weight excluding hydrogens is 254 g/mol. The molecule has 92 valence electrons. The number of halogens is 1. The van der Waals surface area contributed by atoms with Crippen LogP contribution in [-0.2, 0) is 6.54 Å². The average Bonchev–Trinajstić information content (AvgIpc) is 2.88. The van der Waals surface area contributed by atoms with Gasteiger partial charge in [0.05, 0.1) is 5.69 Å². The van der Waals surface area contributed by atoms with Crippen LogP contribution >= 0.6 is 22.9 Å². The Morgan fingerprint density at radius 1 is 1.41 bits per heavy atom. The molecule has 0 saturated heterocycles. The number of hydrogen-bond donors (Lipinski definition) is 1. The molecule has 0 radical (unpaired) electrons. The van der Waals surface area contributed by atoms with E-state index in [0.29, 0.717) is 11.4 Å². The lowest BCUT2D eigenvalue weighted by atomic mass is 9.95. The van der Waals surface area contributed by atoms with Gasteiger partial charge in [0.2, 0.25) is 0 Å². The van der Waals surface area contributed by atoms with Crippen LogP contribution in [0.15, 0.2) is 17.8 Å². The summed E-state index contributed by atoms with van der Waals surface area (Å²) in [4.78, 5) is 5.64. The highest BCUT2D eigenvalue weighted by Crippen LogP contribution is 2.23. The van der Waals surface area contributed by atoms with E-state index in [2.05, 4.69) is 32.5 Å². The molecule has 0 bridgehead atoms. The molecule has 0 aliphatic heterocycles.